The largest absolute Gasteiger partial charge is 0.394 e. The summed E-state index contributed by atoms with van der Waals surface area (Å²) in [6.45, 7) is 1.95. The molecule has 0 bridgehead atoms. The number of nitrogens with two attached hydrogens (primary N) is 1. The topological polar surface area (TPSA) is 169 Å². The van der Waals surface area contributed by atoms with E-state index in [2.05, 4.69) is 16.9 Å². The number of imidazole rings is 1. The Labute approximate surface area is 179 Å². The minimum atomic E-state index is -1.47. The molecule has 1 fully saturated rings. The van der Waals surface area contributed by atoms with Gasteiger partial charge in [0.15, 0.2) is 17.4 Å². The maximum atomic E-state index is 13.2. The molecule has 2 aromatic rings. The molecule has 1 saturated heterocycles. The van der Waals surface area contributed by atoms with Crippen molar-refractivity contribution in [3.05, 3.63) is 20.8 Å². The number of unbranched alkanes of at least 4 members (excludes halogenated alkanes) is 7. The molecule has 0 aliphatic carbocycles. The molecule has 0 saturated carbocycles. The van der Waals surface area contributed by atoms with Gasteiger partial charge >= 0.3 is 5.69 Å². The van der Waals surface area contributed by atoms with Crippen molar-refractivity contribution in [2.75, 3.05) is 12.3 Å². The van der Waals surface area contributed by atoms with Gasteiger partial charge < -0.3 is 25.8 Å². The molecule has 11 heteroatoms. The van der Waals surface area contributed by atoms with Gasteiger partial charge in [0.2, 0.25) is 5.95 Å². The van der Waals surface area contributed by atoms with Gasteiger partial charge in [0, 0.05) is 6.54 Å². The first-order chi connectivity index (χ1) is 14.9. The van der Waals surface area contributed by atoms with Crippen molar-refractivity contribution < 1.29 is 20.1 Å². The third-order valence-corrected chi connectivity index (χ3v) is 5.84. The molecular weight excluding hydrogens is 406 g/mol. The van der Waals surface area contributed by atoms with Crippen LogP contribution in [0.15, 0.2) is 9.59 Å². The Balaban J connectivity index is 1.83. The number of hydrogen-bond donors (Lipinski definition) is 5. The summed E-state index contributed by atoms with van der Waals surface area (Å²) in [5.41, 5.74) is 4.54. The summed E-state index contributed by atoms with van der Waals surface area (Å²) in [5, 5.41) is 29.8. The number of nitrogens with one attached hydrogen (secondary N) is 1. The molecule has 2 aromatic heterocycles. The second-order valence-electron chi connectivity index (χ2n) is 8.13. The lowest BCUT2D eigenvalue weighted by molar-refractivity contribution is -0.0528. The Kier molecular flexibility index (Phi) is 7.87. The van der Waals surface area contributed by atoms with Crippen molar-refractivity contribution >= 4 is 17.1 Å². The van der Waals surface area contributed by atoms with Gasteiger partial charge in [-0.25, -0.2) is 9.36 Å². The number of anilines is 1. The minimum Gasteiger partial charge on any atom is -0.394 e. The van der Waals surface area contributed by atoms with Crippen LogP contribution in [0.5, 0.6) is 0 Å². The molecular formula is C20H33N5O6. The first-order valence-electron chi connectivity index (χ1n) is 11.0. The Hall–Kier alpha value is -2.21. The summed E-state index contributed by atoms with van der Waals surface area (Å²) in [4.78, 5) is 32.2. The van der Waals surface area contributed by atoms with E-state index < -0.39 is 42.4 Å². The molecule has 4 atom stereocenters. The van der Waals surface area contributed by atoms with Crippen LogP contribution in [0.4, 0.5) is 5.95 Å². The van der Waals surface area contributed by atoms with Crippen LogP contribution >= 0.6 is 0 Å². The maximum absolute atomic E-state index is 13.2. The fourth-order valence-corrected chi connectivity index (χ4v) is 4.13. The highest BCUT2D eigenvalue weighted by molar-refractivity contribution is 5.71. The van der Waals surface area contributed by atoms with E-state index in [1.54, 1.807) is 0 Å². The van der Waals surface area contributed by atoms with Gasteiger partial charge in [0.05, 0.1) is 6.61 Å². The van der Waals surface area contributed by atoms with E-state index in [-0.39, 0.29) is 17.1 Å². The number of aliphatic hydroxyl groups is 3. The fourth-order valence-electron chi connectivity index (χ4n) is 4.13. The van der Waals surface area contributed by atoms with E-state index in [1.807, 2.05) is 0 Å². The highest BCUT2D eigenvalue weighted by atomic mass is 16.6. The third-order valence-electron chi connectivity index (χ3n) is 5.84. The molecule has 0 spiro atoms. The second-order valence-corrected chi connectivity index (χ2v) is 8.13. The van der Waals surface area contributed by atoms with E-state index in [4.69, 9.17) is 10.5 Å². The second kappa shape index (κ2) is 10.4. The molecule has 0 amide bonds. The van der Waals surface area contributed by atoms with E-state index >= 15 is 0 Å². The van der Waals surface area contributed by atoms with Gasteiger partial charge in [-0.1, -0.05) is 51.9 Å². The van der Waals surface area contributed by atoms with E-state index in [9.17, 15) is 24.9 Å². The summed E-state index contributed by atoms with van der Waals surface area (Å²) >= 11 is 0. The summed E-state index contributed by atoms with van der Waals surface area (Å²) in [6, 6.07) is 0. The zero-order chi connectivity index (χ0) is 22.5. The number of aryl methyl sites for hydroxylation is 1. The van der Waals surface area contributed by atoms with E-state index in [0.29, 0.717) is 13.0 Å². The molecule has 174 valence electrons. The quantitative estimate of drug-likeness (QED) is 0.310. The van der Waals surface area contributed by atoms with Gasteiger partial charge in [0.25, 0.3) is 5.56 Å². The van der Waals surface area contributed by atoms with Gasteiger partial charge in [-0.15, -0.1) is 0 Å². The average Bonchev–Trinajstić information content (AvgIpc) is 3.17. The van der Waals surface area contributed by atoms with Crippen LogP contribution in [-0.4, -0.2) is 59.3 Å². The van der Waals surface area contributed by atoms with E-state index in [1.165, 1.54) is 30.3 Å². The van der Waals surface area contributed by atoms with Crippen molar-refractivity contribution in [2.45, 2.75) is 89.4 Å². The van der Waals surface area contributed by atoms with Crippen LogP contribution in [0, 0.1) is 0 Å². The number of nitrogen functional groups attached to an aromatic ring is 1. The third kappa shape index (κ3) is 4.84. The minimum absolute atomic E-state index is 0.0272. The number of aliphatic hydroxyl groups excluding tert-OH is 3. The van der Waals surface area contributed by atoms with Gasteiger partial charge in [-0.3, -0.25) is 14.3 Å². The van der Waals surface area contributed by atoms with Crippen LogP contribution in [0.2, 0.25) is 0 Å². The Morgan fingerprint density at radius 2 is 1.71 bits per heavy atom. The Morgan fingerprint density at radius 3 is 2.32 bits per heavy atom. The zero-order valence-corrected chi connectivity index (χ0v) is 17.9. The van der Waals surface area contributed by atoms with Gasteiger partial charge in [-0.05, 0) is 6.42 Å². The molecule has 11 nitrogen and oxygen atoms in total. The predicted molar refractivity (Wildman–Crippen MR) is 115 cm³/mol. The Bertz CT molecular complexity index is 983. The van der Waals surface area contributed by atoms with Crippen molar-refractivity contribution in [2.24, 2.45) is 0 Å². The molecule has 0 unspecified atom stereocenters. The standard InChI is InChI=1S/C20H33N5O6/c1-2-3-4-5-6-7-8-9-10-24-13-16(22-19(21)23-17(13)29)25(20(24)30)18-15(28)14(27)12(11-26)31-18/h12,14-15,18,26-28H,2-11H2,1H3,(H3,21,22,23,29)/t12-,14-,15-,18-/m1/s1. The molecule has 0 aromatic carbocycles. The van der Waals surface area contributed by atoms with Crippen molar-refractivity contribution in [3.63, 3.8) is 0 Å². The molecule has 6 N–H and O–H groups in total. The summed E-state index contributed by atoms with van der Waals surface area (Å²) in [5.74, 6) is -0.178. The zero-order valence-electron chi connectivity index (χ0n) is 17.9. The fraction of sp³-hybridized carbons (Fsp3) is 0.750. The molecule has 3 heterocycles. The molecule has 1 aliphatic rings. The molecule has 3 rings (SSSR count). The number of ether oxygens (including phenoxy) is 1. The SMILES string of the molecule is CCCCCCCCCCn1c(=O)n([C@@H]2O[C@H](CO)[C@@H](O)[C@H]2O)c2nc(N)[nH]c(=O)c21. The first kappa shape index (κ1) is 23.5. The summed E-state index contributed by atoms with van der Waals surface area (Å²) < 4.78 is 7.85. The lowest BCUT2D eigenvalue weighted by Gasteiger charge is -2.15. The van der Waals surface area contributed by atoms with E-state index in [0.717, 1.165) is 23.8 Å². The summed E-state index contributed by atoms with van der Waals surface area (Å²) in [6.07, 6.45) is 3.47. The molecule has 0 radical (unpaired) electrons. The number of rotatable bonds is 11. The number of H-pyrrole nitrogens is 1. The van der Waals surface area contributed by atoms with Crippen LogP contribution < -0.4 is 17.0 Å². The van der Waals surface area contributed by atoms with Gasteiger partial charge in [0.1, 0.15) is 18.3 Å². The van der Waals surface area contributed by atoms with Crippen LogP contribution in [0.25, 0.3) is 11.2 Å². The van der Waals surface area contributed by atoms with Crippen LogP contribution in [0.1, 0.15) is 64.5 Å². The predicted octanol–water partition coefficient (Wildman–Crippen LogP) is 0.221. The number of nitrogens with zero attached hydrogens (tertiary/aromatic N) is 3. The molecule has 31 heavy (non-hydrogen) atoms. The average molecular weight is 440 g/mol. The molecule has 1 aliphatic heterocycles. The van der Waals surface area contributed by atoms with Gasteiger partial charge in [-0.2, -0.15) is 4.98 Å². The monoisotopic (exact) mass is 439 g/mol. The van der Waals surface area contributed by atoms with Crippen molar-refractivity contribution in [1.29, 1.82) is 0 Å². The highest BCUT2D eigenvalue weighted by Gasteiger charge is 2.45. The van der Waals surface area contributed by atoms with Crippen molar-refractivity contribution in [3.8, 4) is 0 Å². The maximum Gasteiger partial charge on any atom is 0.332 e. The number of aromatic nitrogens is 4. The number of fused-ring (bicyclic) bond motifs is 1. The highest BCUT2D eigenvalue weighted by Crippen LogP contribution is 2.30. The number of hydrogen-bond acceptors (Lipinski definition) is 8. The lowest BCUT2D eigenvalue weighted by atomic mass is 10.1. The van der Waals surface area contributed by atoms with Crippen LogP contribution in [0.3, 0.4) is 0 Å². The van der Waals surface area contributed by atoms with Crippen LogP contribution in [-0.2, 0) is 11.3 Å². The normalized spacial score (nSPS) is 23.7. The summed E-state index contributed by atoms with van der Waals surface area (Å²) in [7, 11) is 0. The lowest BCUT2D eigenvalue weighted by Crippen LogP contribution is -2.36. The smallest absolute Gasteiger partial charge is 0.332 e. The number of aromatic amines is 1. The van der Waals surface area contributed by atoms with Crippen molar-refractivity contribution in [1.82, 2.24) is 19.1 Å². The Morgan fingerprint density at radius 1 is 1.06 bits per heavy atom. The first-order valence-corrected chi connectivity index (χ1v) is 11.0.